The van der Waals surface area contributed by atoms with Gasteiger partial charge in [-0.15, -0.1) is 0 Å². The van der Waals surface area contributed by atoms with Gasteiger partial charge in [-0.25, -0.2) is 0 Å². The quantitative estimate of drug-likeness (QED) is 0.694. The lowest BCUT2D eigenvalue weighted by molar-refractivity contribution is 0.0967. The van der Waals surface area contributed by atoms with Gasteiger partial charge < -0.3 is 10.3 Å². The molecule has 1 aromatic heterocycles. The van der Waals surface area contributed by atoms with Crippen LogP contribution in [-0.2, 0) is 7.05 Å². The summed E-state index contributed by atoms with van der Waals surface area (Å²) < 4.78 is 2.00. The van der Waals surface area contributed by atoms with Gasteiger partial charge in [-0.2, -0.15) is 0 Å². The number of ketones is 1. The van der Waals surface area contributed by atoms with Crippen LogP contribution in [0.4, 0.5) is 0 Å². The molecule has 1 atom stereocenters. The smallest absolute Gasteiger partial charge is 0.181 e. The van der Waals surface area contributed by atoms with Gasteiger partial charge in [0, 0.05) is 24.0 Å². The van der Waals surface area contributed by atoms with Crippen molar-refractivity contribution in [3.05, 3.63) is 23.0 Å². The standard InChI is InChI=1S/C10H16N2O/c1-6-5-9(8(3)12(6)4)10(13)7(2)11/h5,7H,11H2,1-4H3. The Balaban J connectivity index is 3.16. The Labute approximate surface area is 78.5 Å². The topological polar surface area (TPSA) is 48.0 Å². The van der Waals surface area contributed by atoms with E-state index in [1.807, 2.05) is 31.5 Å². The first-order valence-electron chi connectivity index (χ1n) is 4.38. The van der Waals surface area contributed by atoms with Gasteiger partial charge in [0.2, 0.25) is 0 Å². The van der Waals surface area contributed by atoms with Crippen LogP contribution in [-0.4, -0.2) is 16.4 Å². The fourth-order valence-electron chi connectivity index (χ4n) is 1.35. The van der Waals surface area contributed by atoms with Crippen LogP contribution in [0.2, 0.25) is 0 Å². The molecule has 0 aromatic carbocycles. The lowest BCUT2D eigenvalue weighted by Crippen LogP contribution is -2.26. The monoisotopic (exact) mass is 180 g/mol. The first kappa shape index (κ1) is 9.99. The zero-order valence-electron chi connectivity index (χ0n) is 8.59. The summed E-state index contributed by atoms with van der Waals surface area (Å²) in [7, 11) is 1.95. The van der Waals surface area contributed by atoms with E-state index in [1.54, 1.807) is 6.92 Å². The van der Waals surface area contributed by atoms with Crippen LogP contribution >= 0.6 is 0 Å². The van der Waals surface area contributed by atoms with E-state index in [0.717, 1.165) is 17.0 Å². The summed E-state index contributed by atoms with van der Waals surface area (Å²) in [6.07, 6.45) is 0. The fourth-order valence-corrected chi connectivity index (χ4v) is 1.35. The van der Waals surface area contributed by atoms with E-state index in [9.17, 15) is 4.79 Å². The molecule has 0 aliphatic heterocycles. The summed E-state index contributed by atoms with van der Waals surface area (Å²) in [5, 5.41) is 0. The maximum Gasteiger partial charge on any atom is 0.181 e. The number of nitrogens with two attached hydrogens (primary N) is 1. The van der Waals surface area contributed by atoms with Crippen LogP contribution < -0.4 is 5.73 Å². The molecule has 0 radical (unpaired) electrons. The number of carbonyl (C=O) groups excluding carboxylic acids is 1. The highest BCUT2D eigenvalue weighted by atomic mass is 16.1. The number of rotatable bonds is 2. The minimum absolute atomic E-state index is 0.0150. The number of carbonyl (C=O) groups is 1. The Morgan fingerprint density at radius 3 is 2.38 bits per heavy atom. The zero-order valence-corrected chi connectivity index (χ0v) is 8.59. The predicted octanol–water partition coefficient (Wildman–Crippen LogP) is 1.17. The van der Waals surface area contributed by atoms with Gasteiger partial charge in [0.15, 0.2) is 5.78 Å². The lowest BCUT2D eigenvalue weighted by Gasteiger charge is -2.04. The molecule has 2 N–H and O–H groups in total. The van der Waals surface area contributed by atoms with Crippen LogP contribution in [0.15, 0.2) is 6.07 Å². The molecule has 1 unspecified atom stereocenters. The molecular weight excluding hydrogens is 164 g/mol. The summed E-state index contributed by atoms with van der Waals surface area (Å²) in [5.41, 5.74) is 8.35. The van der Waals surface area contributed by atoms with Gasteiger partial charge in [-0.3, -0.25) is 4.79 Å². The second-order valence-corrected chi connectivity index (χ2v) is 3.50. The Kier molecular flexibility index (Phi) is 2.57. The predicted molar refractivity (Wildman–Crippen MR) is 52.9 cm³/mol. The largest absolute Gasteiger partial charge is 0.351 e. The highest BCUT2D eigenvalue weighted by molar-refractivity contribution is 6.00. The van der Waals surface area contributed by atoms with Crippen molar-refractivity contribution in [2.75, 3.05) is 0 Å². The van der Waals surface area contributed by atoms with Crippen molar-refractivity contribution in [3.8, 4) is 0 Å². The van der Waals surface area contributed by atoms with Crippen molar-refractivity contribution in [2.24, 2.45) is 12.8 Å². The number of nitrogens with zero attached hydrogens (tertiary/aromatic N) is 1. The van der Waals surface area contributed by atoms with Gasteiger partial charge in [0.1, 0.15) is 0 Å². The molecule has 13 heavy (non-hydrogen) atoms. The van der Waals surface area contributed by atoms with Crippen LogP contribution in [0, 0.1) is 13.8 Å². The Hall–Kier alpha value is -1.09. The minimum Gasteiger partial charge on any atom is -0.351 e. The maximum absolute atomic E-state index is 11.6. The Morgan fingerprint density at radius 1 is 1.54 bits per heavy atom. The SMILES string of the molecule is Cc1cc(C(=O)C(C)N)c(C)n1C. The third-order valence-electron chi connectivity index (χ3n) is 2.45. The second-order valence-electron chi connectivity index (χ2n) is 3.50. The first-order valence-corrected chi connectivity index (χ1v) is 4.38. The summed E-state index contributed by atoms with van der Waals surface area (Å²) in [6, 6.07) is 1.47. The van der Waals surface area contributed by atoms with Crippen LogP contribution in [0.1, 0.15) is 28.7 Å². The Bertz CT molecular complexity index is 337. The summed E-state index contributed by atoms with van der Waals surface area (Å²) in [4.78, 5) is 11.6. The van der Waals surface area contributed by atoms with Gasteiger partial charge in [0.25, 0.3) is 0 Å². The van der Waals surface area contributed by atoms with E-state index in [2.05, 4.69) is 0 Å². The highest BCUT2D eigenvalue weighted by Gasteiger charge is 2.16. The molecule has 72 valence electrons. The van der Waals surface area contributed by atoms with E-state index in [4.69, 9.17) is 5.73 Å². The molecule has 3 heteroatoms. The number of hydrogen-bond acceptors (Lipinski definition) is 2. The molecule has 0 saturated carbocycles. The van der Waals surface area contributed by atoms with E-state index in [-0.39, 0.29) is 5.78 Å². The number of aryl methyl sites for hydroxylation is 1. The van der Waals surface area contributed by atoms with E-state index >= 15 is 0 Å². The zero-order chi connectivity index (χ0) is 10.2. The minimum atomic E-state index is -0.416. The first-order chi connectivity index (χ1) is 5.95. The van der Waals surface area contributed by atoms with Gasteiger partial charge in [-0.1, -0.05) is 0 Å². The molecule has 0 spiro atoms. The van der Waals surface area contributed by atoms with Crippen LogP contribution in [0.3, 0.4) is 0 Å². The van der Waals surface area contributed by atoms with E-state index in [0.29, 0.717) is 0 Å². The third-order valence-corrected chi connectivity index (χ3v) is 2.45. The van der Waals surface area contributed by atoms with Crippen molar-refractivity contribution in [3.63, 3.8) is 0 Å². The van der Waals surface area contributed by atoms with Crippen LogP contribution in [0.25, 0.3) is 0 Å². The van der Waals surface area contributed by atoms with Crippen molar-refractivity contribution in [1.29, 1.82) is 0 Å². The van der Waals surface area contributed by atoms with E-state index in [1.165, 1.54) is 0 Å². The Morgan fingerprint density at radius 2 is 2.08 bits per heavy atom. The molecule has 1 aromatic rings. The molecule has 3 nitrogen and oxygen atoms in total. The summed E-state index contributed by atoms with van der Waals surface area (Å²) in [6.45, 7) is 5.62. The van der Waals surface area contributed by atoms with Gasteiger partial charge >= 0.3 is 0 Å². The van der Waals surface area contributed by atoms with Crippen molar-refractivity contribution < 1.29 is 4.79 Å². The molecule has 1 rings (SSSR count). The third kappa shape index (κ3) is 1.65. The summed E-state index contributed by atoms with van der Waals surface area (Å²) >= 11 is 0. The van der Waals surface area contributed by atoms with Crippen molar-refractivity contribution in [2.45, 2.75) is 26.8 Å². The van der Waals surface area contributed by atoms with Gasteiger partial charge in [-0.05, 0) is 26.8 Å². The average Bonchev–Trinajstić information content (AvgIpc) is 2.31. The van der Waals surface area contributed by atoms with E-state index < -0.39 is 6.04 Å². The molecule has 0 amide bonds. The fraction of sp³-hybridized carbons (Fsp3) is 0.500. The average molecular weight is 180 g/mol. The second kappa shape index (κ2) is 3.34. The molecule has 0 fully saturated rings. The molecule has 0 saturated heterocycles. The molecular formula is C10H16N2O. The van der Waals surface area contributed by atoms with Crippen molar-refractivity contribution in [1.82, 2.24) is 4.57 Å². The van der Waals surface area contributed by atoms with Crippen LogP contribution in [0.5, 0.6) is 0 Å². The highest BCUT2D eigenvalue weighted by Crippen LogP contribution is 2.14. The van der Waals surface area contributed by atoms with Crippen molar-refractivity contribution >= 4 is 5.78 Å². The molecule has 0 aliphatic rings. The number of hydrogen-bond donors (Lipinski definition) is 1. The normalized spacial score (nSPS) is 13.0. The van der Waals surface area contributed by atoms with Gasteiger partial charge in [0.05, 0.1) is 6.04 Å². The maximum atomic E-state index is 11.6. The number of aromatic nitrogens is 1. The summed E-state index contributed by atoms with van der Waals surface area (Å²) in [5.74, 6) is 0.0150. The lowest BCUT2D eigenvalue weighted by atomic mass is 10.1. The molecule has 1 heterocycles. The number of Topliss-reactive ketones (excluding diaryl/α,β-unsaturated/α-hetero) is 1. The molecule has 0 bridgehead atoms. The molecule has 0 aliphatic carbocycles.